The molecule has 5 N–H and O–H groups in total. The van der Waals surface area contributed by atoms with Gasteiger partial charge in [0.1, 0.15) is 6.10 Å². The zero-order valence-electron chi connectivity index (χ0n) is 9.92. The summed E-state index contributed by atoms with van der Waals surface area (Å²) in [7, 11) is 0. The lowest BCUT2D eigenvalue weighted by atomic mass is 9.96. The Labute approximate surface area is 103 Å². The van der Waals surface area contributed by atoms with Crippen molar-refractivity contribution in [1.29, 1.82) is 0 Å². The Balaban J connectivity index is 2.34. The van der Waals surface area contributed by atoms with Crippen LogP contribution >= 0.6 is 0 Å². The predicted octanol–water partition coefficient (Wildman–Crippen LogP) is 0.141. The van der Waals surface area contributed by atoms with Crippen molar-refractivity contribution < 1.29 is 15.0 Å². The third kappa shape index (κ3) is 2.34. The topological polar surface area (TPSA) is 112 Å². The SMILES string of the molecule is Cc1cc2[nH]ncc2cc1C(O)C(O)CC(N)=O. The van der Waals surface area contributed by atoms with E-state index >= 15 is 0 Å². The molecule has 2 rings (SSSR count). The molecule has 1 amide bonds. The van der Waals surface area contributed by atoms with Crippen LogP contribution in [0, 0.1) is 6.92 Å². The molecule has 2 aromatic rings. The van der Waals surface area contributed by atoms with Crippen LogP contribution in [0.2, 0.25) is 0 Å². The zero-order valence-corrected chi connectivity index (χ0v) is 9.92. The average molecular weight is 249 g/mol. The molecule has 0 aliphatic rings. The number of aromatic nitrogens is 2. The summed E-state index contributed by atoms with van der Waals surface area (Å²) in [4.78, 5) is 10.7. The highest BCUT2D eigenvalue weighted by molar-refractivity contribution is 5.80. The van der Waals surface area contributed by atoms with E-state index in [4.69, 9.17) is 5.73 Å². The predicted molar refractivity (Wildman–Crippen MR) is 65.6 cm³/mol. The fourth-order valence-corrected chi connectivity index (χ4v) is 1.96. The van der Waals surface area contributed by atoms with Crippen molar-refractivity contribution in [3.05, 3.63) is 29.5 Å². The van der Waals surface area contributed by atoms with Gasteiger partial charge in [-0.05, 0) is 30.2 Å². The lowest BCUT2D eigenvalue weighted by Crippen LogP contribution is -2.26. The fraction of sp³-hybridized carbons (Fsp3) is 0.333. The van der Waals surface area contributed by atoms with Crippen LogP contribution in [0.5, 0.6) is 0 Å². The smallest absolute Gasteiger partial charge is 0.220 e. The highest BCUT2D eigenvalue weighted by Gasteiger charge is 2.22. The minimum atomic E-state index is -1.20. The number of hydrogen-bond donors (Lipinski definition) is 4. The molecule has 0 aliphatic heterocycles. The van der Waals surface area contributed by atoms with Gasteiger partial charge in [0, 0.05) is 5.39 Å². The van der Waals surface area contributed by atoms with Crippen LogP contribution in [-0.4, -0.2) is 32.4 Å². The maximum atomic E-state index is 10.7. The van der Waals surface area contributed by atoms with Gasteiger partial charge in [-0.15, -0.1) is 0 Å². The Morgan fingerprint density at radius 3 is 2.89 bits per heavy atom. The number of nitrogens with two attached hydrogens (primary N) is 1. The summed E-state index contributed by atoms with van der Waals surface area (Å²) in [6.45, 7) is 1.82. The number of hydrogen-bond acceptors (Lipinski definition) is 4. The number of carbonyl (C=O) groups excluding carboxylic acids is 1. The molecule has 6 nitrogen and oxygen atoms in total. The molecular weight excluding hydrogens is 234 g/mol. The first-order chi connectivity index (χ1) is 8.49. The summed E-state index contributed by atoms with van der Waals surface area (Å²) >= 11 is 0. The molecular formula is C12H15N3O3. The summed E-state index contributed by atoms with van der Waals surface area (Å²) in [5.74, 6) is -0.649. The van der Waals surface area contributed by atoms with Gasteiger partial charge in [0.15, 0.2) is 0 Å². The van der Waals surface area contributed by atoms with Gasteiger partial charge >= 0.3 is 0 Å². The van der Waals surface area contributed by atoms with E-state index in [1.165, 1.54) is 0 Å². The Hall–Kier alpha value is -1.92. The monoisotopic (exact) mass is 249 g/mol. The molecule has 0 fully saturated rings. The largest absolute Gasteiger partial charge is 0.390 e. The van der Waals surface area contributed by atoms with E-state index in [9.17, 15) is 15.0 Å². The molecule has 1 aromatic heterocycles. The van der Waals surface area contributed by atoms with Crippen LogP contribution in [0.4, 0.5) is 0 Å². The summed E-state index contributed by atoms with van der Waals surface area (Å²) in [6, 6.07) is 3.57. The summed E-state index contributed by atoms with van der Waals surface area (Å²) < 4.78 is 0. The van der Waals surface area contributed by atoms with E-state index in [0.717, 1.165) is 16.5 Å². The van der Waals surface area contributed by atoms with Crippen molar-refractivity contribution in [3.8, 4) is 0 Å². The molecule has 96 valence electrons. The van der Waals surface area contributed by atoms with Gasteiger partial charge in [-0.25, -0.2) is 0 Å². The highest BCUT2D eigenvalue weighted by Crippen LogP contribution is 2.26. The maximum Gasteiger partial charge on any atom is 0.220 e. The first-order valence-corrected chi connectivity index (χ1v) is 5.57. The van der Waals surface area contributed by atoms with Crippen molar-refractivity contribution >= 4 is 16.8 Å². The second-order valence-electron chi connectivity index (χ2n) is 4.35. The van der Waals surface area contributed by atoms with Gasteiger partial charge in [0.2, 0.25) is 5.91 Å². The van der Waals surface area contributed by atoms with E-state index in [1.807, 2.05) is 13.0 Å². The number of amides is 1. The molecule has 18 heavy (non-hydrogen) atoms. The van der Waals surface area contributed by atoms with Crippen molar-refractivity contribution in [2.24, 2.45) is 5.73 Å². The highest BCUT2D eigenvalue weighted by atomic mass is 16.3. The average Bonchev–Trinajstić information content (AvgIpc) is 2.72. The number of H-pyrrole nitrogens is 1. The maximum absolute atomic E-state index is 10.7. The number of aromatic amines is 1. The zero-order chi connectivity index (χ0) is 13.3. The number of nitrogens with one attached hydrogen (secondary N) is 1. The quantitative estimate of drug-likeness (QED) is 0.617. The van der Waals surface area contributed by atoms with Gasteiger partial charge in [-0.2, -0.15) is 5.10 Å². The molecule has 0 bridgehead atoms. The van der Waals surface area contributed by atoms with E-state index in [0.29, 0.717) is 5.56 Å². The van der Waals surface area contributed by atoms with Crippen molar-refractivity contribution in [3.63, 3.8) is 0 Å². The second-order valence-corrected chi connectivity index (χ2v) is 4.35. The van der Waals surface area contributed by atoms with Crippen LogP contribution in [0.15, 0.2) is 18.3 Å². The van der Waals surface area contributed by atoms with E-state index in [2.05, 4.69) is 10.2 Å². The molecule has 6 heteroatoms. The third-order valence-corrected chi connectivity index (χ3v) is 2.92. The number of aryl methyl sites for hydroxylation is 1. The van der Waals surface area contributed by atoms with Crippen molar-refractivity contribution in [1.82, 2.24) is 10.2 Å². The molecule has 2 atom stereocenters. The minimum Gasteiger partial charge on any atom is -0.390 e. The molecule has 0 saturated heterocycles. The molecule has 1 aromatic carbocycles. The summed E-state index contributed by atoms with van der Waals surface area (Å²) in [5.41, 5.74) is 7.23. The number of rotatable bonds is 4. The van der Waals surface area contributed by atoms with E-state index < -0.39 is 18.1 Å². The third-order valence-electron chi connectivity index (χ3n) is 2.92. The second kappa shape index (κ2) is 4.75. The molecule has 0 saturated carbocycles. The van der Waals surface area contributed by atoms with Gasteiger partial charge in [-0.1, -0.05) is 0 Å². The minimum absolute atomic E-state index is 0.274. The lowest BCUT2D eigenvalue weighted by molar-refractivity contribution is -0.121. The van der Waals surface area contributed by atoms with Crippen LogP contribution in [0.25, 0.3) is 10.9 Å². The summed E-state index contributed by atoms with van der Waals surface area (Å²) in [6.07, 6.45) is -0.988. The molecule has 0 radical (unpaired) electrons. The molecule has 0 aliphatic carbocycles. The molecule has 1 heterocycles. The number of aliphatic hydroxyl groups is 2. The van der Waals surface area contributed by atoms with Gasteiger partial charge in [0.05, 0.1) is 24.2 Å². The number of carbonyl (C=O) groups is 1. The standard InChI is InChI=1S/C12H15N3O3/c1-6-2-9-7(5-14-15-9)3-8(6)12(18)10(16)4-11(13)17/h2-3,5,10,12,16,18H,4H2,1H3,(H2,13,17)(H,14,15). The van der Waals surface area contributed by atoms with Crippen molar-refractivity contribution in [2.75, 3.05) is 0 Å². The first-order valence-electron chi connectivity index (χ1n) is 5.57. The van der Waals surface area contributed by atoms with E-state index in [-0.39, 0.29) is 6.42 Å². The van der Waals surface area contributed by atoms with Crippen LogP contribution in [0.1, 0.15) is 23.7 Å². The van der Waals surface area contributed by atoms with Gasteiger partial charge in [0.25, 0.3) is 0 Å². The van der Waals surface area contributed by atoms with E-state index in [1.54, 1.807) is 12.3 Å². The molecule has 0 spiro atoms. The first kappa shape index (κ1) is 12.5. The number of benzene rings is 1. The normalized spacial score (nSPS) is 14.6. The Kier molecular flexibility index (Phi) is 3.31. The Bertz CT molecular complexity index is 579. The van der Waals surface area contributed by atoms with Gasteiger partial charge in [-0.3, -0.25) is 9.89 Å². The Morgan fingerprint density at radius 1 is 1.50 bits per heavy atom. The van der Waals surface area contributed by atoms with Crippen molar-refractivity contribution in [2.45, 2.75) is 25.6 Å². The fourth-order valence-electron chi connectivity index (χ4n) is 1.96. The van der Waals surface area contributed by atoms with Crippen LogP contribution < -0.4 is 5.73 Å². The Morgan fingerprint density at radius 2 is 2.22 bits per heavy atom. The van der Waals surface area contributed by atoms with Crippen LogP contribution in [0.3, 0.4) is 0 Å². The lowest BCUT2D eigenvalue weighted by Gasteiger charge is -2.18. The number of primary amides is 1. The van der Waals surface area contributed by atoms with Gasteiger partial charge < -0.3 is 15.9 Å². The number of nitrogens with zero attached hydrogens (tertiary/aromatic N) is 1. The summed E-state index contributed by atoms with van der Waals surface area (Å²) in [5, 5.41) is 27.3. The molecule has 2 unspecified atom stereocenters. The number of aliphatic hydroxyl groups excluding tert-OH is 2. The van der Waals surface area contributed by atoms with Crippen LogP contribution in [-0.2, 0) is 4.79 Å². The number of fused-ring (bicyclic) bond motifs is 1.